The average Bonchev–Trinajstić information content (AvgIpc) is 2.83. The predicted octanol–water partition coefficient (Wildman–Crippen LogP) is 1.93. The number of aryl methyl sites for hydroxylation is 1. The molecule has 2 atom stereocenters. The SMILES string of the molecule is O=C(NC1CCc2ccccc21)[C@@H]1CCCCN1. The van der Waals surface area contributed by atoms with E-state index in [4.69, 9.17) is 0 Å². The number of carbonyl (C=O) groups excluding carboxylic acids is 1. The maximum Gasteiger partial charge on any atom is 0.237 e. The van der Waals surface area contributed by atoms with E-state index in [1.807, 2.05) is 0 Å². The standard InChI is InChI=1S/C15H20N2O/c18-15(14-7-3-4-10-16-14)17-13-9-8-11-5-1-2-6-12(11)13/h1-2,5-6,13-14,16H,3-4,7-10H2,(H,17,18)/t13?,14-/m0/s1. The van der Waals surface area contributed by atoms with Crippen LogP contribution in [0.15, 0.2) is 24.3 Å². The van der Waals surface area contributed by atoms with Crippen molar-refractivity contribution in [3.05, 3.63) is 35.4 Å². The molecule has 18 heavy (non-hydrogen) atoms. The Bertz CT molecular complexity index is 438. The Labute approximate surface area is 108 Å². The lowest BCUT2D eigenvalue weighted by Crippen LogP contribution is -2.47. The van der Waals surface area contributed by atoms with Gasteiger partial charge >= 0.3 is 0 Å². The fraction of sp³-hybridized carbons (Fsp3) is 0.533. The Morgan fingerprint density at radius 1 is 1.22 bits per heavy atom. The molecule has 0 saturated carbocycles. The third-order valence-electron chi connectivity index (χ3n) is 4.08. The maximum atomic E-state index is 12.2. The predicted molar refractivity (Wildman–Crippen MR) is 71.3 cm³/mol. The van der Waals surface area contributed by atoms with Crippen LogP contribution in [0.4, 0.5) is 0 Å². The maximum absolute atomic E-state index is 12.2. The third-order valence-corrected chi connectivity index (χ3v) is 4.08. The summed E-state index contributed by atoms with van der Waals surface area (Å²) in [5.74, 6) is 0.177. The van der Waals surface area contributed by atoms with Gasteiger partial charge in [0, 0.05) is 0 Å². The topological polar surface area (TPSA) is 41.1 Å². The van der Waals surface area contributed by atoms with E-state index in [9.17, 15) is 4.79 Å². The van der Waals surface area contributed by atoms with Crippen LogP contribution in [0.3, 0.4) is 0 Å². The minimum absolute atomic E-state index is 0.0199. The highest BCUT2D eigenvalue weighted by Crippen LogP contribution is 2.30. The molecule has 0 radical (unpaired) electrons. The molecule has 1 aromatic rings. The van der Waals surface area contributed by atoms with E-state index in [0.29, 0.717) is 0 Å². The minimum atomic E-state index is 0.0199. The molecular weight excluding hydrogens is 224 g/mol. The molecule has 3 rings (SSSR count). The second-order valence-electron chi connectivity index (χ2n) is 5.30. The Morgan fingerprint density at radius 3 is 2.94 bits per heavy atom. The summed E-state index contributed by atoms with van der Waals surface area (Å²) in [6.07, 6.45) is 5.44. The van der Waals surface area contributed by atoms with Crippen LogP contribution in [-0.4, -0.2) is 18.5 Å². The molecule has 2 N–H and O–H groups in total. The molecule has 0 spiro atoms. The second-order valence-corrected chi connectivity index (χ2v) is 5.30. The number of carbonyl (C=O) groups is 1. The van der Waals surface area contributed by atoms with Gasteiger partial charge in [-0.05, 0) is 43.4 Å². The van der Waals surface area contributed by atoms with Crippen molar-refractivity contribution in [2.24, 2.45) is 0 Å². The third kappa shape index (κ3) is 2.27. The molecule has 0 aromatic heterocycles. The van der Waals surface area contributed by atoms with E-state index in [0.717, 1.165) is 32.2 Å². The van der Waals surface area contributed by atoms with E-state index in [1.54, 1.807) is 0 Å². The fourth-order valence-electron chi connectivity index (χ4n) is 3.05. The van der Waals surface area contributed by atoms with Crippen LogP contribution in [0.5, 0.6) is 0 Å². The van der Waals surface area contributed by atoms with Crippen molar-refractivity contribution in [2.75, 3.05) is 6.54 Å². The molecule has 1 aliphatic heterocycles. The summed E-state index contributed by atoms with van der Waals surface area (Å²) >= 11 is 0. The van der Waals surface area contributed by atoms with Crippen molar-refractivity contribution < 1.29 is 4.79 Å². The van der Waals surface area contributed by atoms with Crippen molar-refractivity contribution in [3.63, 3.8) is 0 Å². The molecule has 3 heteroatoms. The monoisotopic (exact) mass is 244 g/mol. The molecule has 3 nitrogen and oxygen atoms in total. The average molecular weight is 244 g/mol. The first-order valence-corrected chi connectivity index (χ1v) is 6.96. The van der Waals surface area contributed by atoms with Gasteiger partial charge in [-0.25, -0.2) is 0 Å². The lowest BCUT2D eigenvalue weighted by atomic mass is 10.0. The number of amides is 1. The first-order chi connectivity index (χ1) is 8.84. The van der Waals surface area contributed by atoms with Crippen LogP contribution in [-0.2, 0) is 11.2 Å². The normalized spacial score (nSPS) is 26.7. The van der Waals surface area contributed by atoms with E-state index in [1.165, 1.54) is 17.5 Å². The molecule has 0 bridgehead atoms. The van der Waals surface area contributed by atoms with Gasteiger partial charge in [0.1, 0.15) is 0 Å². The number of rotatable bonds is 2. The molecule has 1 aliphatic carbocycles. The van der Waals surface area contributed by atoms with Crippen LogP contribution >= 0.6 is 0 Å². The molecule has 96 valence electrons. The molecule has 1 saturated heterocycles. The summed E-state index contributed by atoms with van der Waals surface area (Å²) < 4.78 is 0. The zero-order valence-electron chi connectivity index (χ0n) is 10.6. The molecule has 1 heterocycles. The van der Waals surface area contributed by atoms with Crippen LogP contribution in [0.25, 0.3) is 0 Å². The van der Waals surface area contributed by atoms with Crippen LogP contribution < -0.4 is 10.6 Å². The highest BCUT2D eigenvalue weighted by molar-refractivity contribution is 5.82. The Kier molecular flexibility index (Phi) is 3.33. The number of piperidine rings is 1. The van der Waals surface area contributed by atoms with E-state index in [2.05, 4.69) is 34.9 Å². The molecule has 1 fully saturated rings. The molecule has 1 aromatic carbocycles. The number of fused-ring (bicyclic) bond motifs is 1. The number of hydrogen-bond acceptors (Lipinski definition) is 2. The van der Waals surface area contributed by atoms with Gasteiger partial charge in [0.25, 0.3) is 0 Å². The Morgan fingerprint density at radius 2 is 2.11 bits per heavy atom. The van der Waals surface area contributed by atoms with Gasteiger partial charge in [-0.2, -0.15) is 0 Å². The first kappa shape index (κ1) is 11.7. The fourth-order valence-corrected chi connectivity index (χ4v) is 3.05. The van der Waals surface area contributed by atoms with Gasteiger partial charge in [0.15, 0.2) is 0 Å². The van der Waals surface area contributed by atoms with Crippen molar-refractivity contribution in [3.8, 4) is 0 Å². The summed E-state index contributed by atoms with van der Waals surface area (Å²) in [4.78, 5) is 12.2. The van der Waals surface area contributed by atoms with Gasteiger partial charge in [-0.1, -0.05) is 30.7 Å². The highest BCUT2D eigenvalue weighted by Gasteiger charge is 2.27. The Hall–Kier alpha value is -1.35. The molecule has 1 amide bonds. The zero-order chi connectivity index (χ0) is 12.4. The molecule has 2 aliphatic rings. The summed E-state index contributed by atoms with van der Waals surface area (Å²) in [5.41, 5.74) is 2.70. The minimum Gasteiger partial charge on any atom is -0.348 e. The highest BCUT2D eigenvalue weighted by atomic mass is 16.2. The number of hydrogen-bond donors (Lipinski definition) is 2. The lowest BCUT2D eigenvalue weighted by Gasteiger charge is -2.24. The Balaban J connectivity index is 1.65. The molecule has 1 unspecified atom stereocenters. The van der Waals surface area contributed by atoms with Crippen LogP contribution in [0.1, 0.15) is 42.9 Å². The summed E-state index contributed by atoms with van der Waals surface area (Å²) in [7, 11) is 0. The van der Waals surface area contributed by atoms with Crippen LogP contribution in [0, 0.1) is 0 Å². The second kappa shape index (κ2) is 5.11. The largest absolute Gasteiger partial charge is 0.348 e. The smallest absolute Gasteiger partial charge is 0.237 e. The van der Waals surface area contributed by atoms with Gasteiger partial charge in [-0.15, -0.1) is 0 Å². The van der Waals surface area contributed by atoms with Gasteiger partial charge in [0.05, 0.1) is 12.1 Å². The first-order valence-electron chi connectivity index (χ1n) is 6.96. The van der Waals surface area contributed by atoms with Crippen molar-refractivity contribution in [1.82, 2.24) is 10.6 Å². The van der Waals surface area contributed by atoms with Crippen molar-refractivity contribution in [1.29, 1.82) is 0 Å². The van der Waals surface area contributed by atoms with Crippen molar-refractivity contribution >= 4 is 5.91 Å². The lowest BCUT2D eigenvalue weighted by molar-refractivity contribution is -0.124. The summed E-state index contributed by atoms with van der Waals surface area (Å²) in [6.45, 7) is 0.972. The van der Waals surface area contributed by atoms with Crippen LogP contribution in [0.2, 0.25) is 0 Å². The quantitative estimate of drug-likeness (QED) is 0.834. The van der Waals surface area contributed by atoms with E-state index >= 15 is 0 Å². The van der Waals surface area contributed by atoms with Gasteiger partial charge in [0.2, 0.25) is 5.91 Å². The number of benzene rings is 1. The summed E-state index contributed by atoms with van der Waals surface area (Å²) in [5, 5.41) is 6.51. The number of nitrogens with one attached hydrogen (secondary N) is 2. The van der Waals surface area contributed by atoms with E-state index in [-0.39, 0.29) is 18.0 Å². The zero-order valence-corrected chi connectivity index (χ0v) is 10.6. The van der Waals surface area contributed by atoms with Gasteiger partial charge < -0.3 is 10.6 Å². The van der Waals surface area contributed by atoms with E-state index < -0.39 is 0 Å². The van der Waals surface area contributed by atoms with Gasteiger partial charge in [-0.3, -0.25) is 4.79 Å². The van der Waals surface area contributed by atoms with Crippen molar-refractivity contribution in [2.45, 2.75) is 44.2 Å². The molecular formula is C15H20N2O. The summed E-state index contributed by atoms with van der Waals surface area (Å²) in [6, 6.07) is 8.68.